The van der Waals surface area contributed by atoms with E-state index >= 15 is 0 Å². The number of hydrogen-bond acceptors (Lipinski definition) is 6. The maximum atomic E-state index is 5.44. The van der Waals surface area contributed by atoms with Gasteiger partial charge in [0.2, 0.25) is 5.88 Å². The molecule has 5 rings (SSSR count). The van der Waals surface area contributed by atoms with E-state index in [0.29, 0.717) is 6.61 Å². The Hall–Kier alpha value is -2.93. The molecule has 1 N–H and O–H groups in total. The fourth-order valence-electron chi connectivity index (χ4n) is 2.83. The molecule has 0 aromatic carbocycles. The number of fused-ring (bicyclic) bond motifs is 2. The van der Waals surface area contributed by atoms with Crippen LogP contribution in [0.15, 0.2) is 48.2 Å². The zero-order chi connectivity index (χ0) is 15.9. The molecule has 1 aliphatic heterocycles. The first-order valence-corrected chi connectivity index (χ1v) is 8.51. The fraction of sp³-hybridized carbons (Fsp3) is 0.118. The number of aromatic nitrogens is 4. The third-order valence-corrected chi connectivity index (χ3v) is 4.73. The molecule has 0 radical (unpaired) electrons. The fourth-order valence-corrected chi connectivity index (χ4v) is 3.55. The van der Waals surface area contributed by atoms with Gasteiger partial charge in [0, 0.05) is 23.6 Å². The predicted octanol–water partition coefficient (Wildman–Crippen LogP) is 3.53. The lowest BCUT2D eigenvalue weighted by Crippen LogP contribution is -1.93. The van der Waals surface area contributed by atoms with Crippen LogP contribution in [0.5, 0.6) is 5.88 Å². The maximum absolute atomic E-state index is 5.44. The van der Waals surface area contributed by atoms with Crippen molar-refractivity contribution in [1.82, 2.24) is 19.4 Å². The van der Waals surface area contributed by atoms with Gasteiger partial charge >= 0.3 is 0 Å². The van der Waals surface area contributed by atoms with Crippen LogP contribution in [0.2, 0.25) is 0 Å². The molecule has 0 saturated carbocycles. The molecule has 4 aromatic rings. The van der Waals surface area contributed by atoms with Crippen LogP contribution < -0.4 is 10.1 Å². The predicted molar refractivity (Wildman–Crippen MR) is 93.0 cm³/mol. The lowest BCUT2D eigenvalue weighted by atomic mass is 10.2. The molecule has 6 nitrogen and oxygen atoms in total. The van der Waals surface area contributed by atoms with Crippen LogP contribution in [0.25, 0.3) is 17.0 Å². The molecule has 0 saturated heterocycles. The number of nitrogens with one attached hydrogen (secondary N) is 1. The van der Waals surface area contributed by atoms with Gasteiger partial charge in [-0.2, -0.15) is 0 Å². The second-order valence-corrected chi connectivity index (χ2v) is 6.38. The quantitative estimate of drug-likeness (QED) is 0.620. The van der Waals surface area contributed by atoms with E-state index in [2.05, 4.69) is 26.3 Å². The molecule has 0 aliphatic carbocycles. The van der Waals surface area contributed by atoms with Crippen molar-refractivity contribution in [3.63, 3.8) is 0 Å². The summed E-state index contributed by atoms with van der Waals surface area (Å²) in [6.45, 7) is 0.710. The number of nitrogens with zero attached hydrogens (tertiary/aromatic N) is 4. The Bertz CT molecular complexity index is 1040. The van der Waals surface area contributed by atoms with Crippen LogP contribution in [0.3, 0.4) is 0 Å². The van der Waals surface area contributed by atoms with Crippen molar-refractivity contribution < 1.29 is 4.74 Å². The molecular formula is C17H13N5OS. The van der Waals surface area contributed by atoms with E-state index in [4.69, 9.17) is 4.74 Å². The van der Waals surface area contributed by atoms with Crippen LogP contribution in [-0.4, -0.2) is 26.0 Å². The summed E-state index contributed by atoms with van der Waals surface area (Å²) in [4.78, 5) is 13.4. The van der Waals surface area contributed by atoms with E-state index < -0.39 is 0 Å². The number of thiazole rings is 1. The molecule has 0 spiro atoms. The Labute approximate surface area is 141 Å². The zero-order valence-electron chi connectivity index (χ0n) is 12.6. The summed E-state index contributed by atoms with van der Waals surface area (Å²) < 4.78 is 7.47. The standard InChI is InChI=1S/C17H13N5OS/c1-2-5-22-14(9-18-15(22)3-1)13-10-24-17(21-13)20-12-7-11-4-6-23-16(11)19-8-12/h1-3,5,7-10H,4,6H2,(H,20,21). The van der Waals surface area contributed by atoms with E-state index in [-0.39, 0.29) is 0 Å². The smallest absolute Gasteiger partial charge is 0.216 e. The molecule has 7 heteroatoms. The van der Waals surface area contributed by atoms with Crippen molar-refractivity contribution in [3.05, 3.63) is 53.8 Å². The van der Waals surface area contributed by atoms with Crippen LogP contribution in [0.1, 0.15) is 5.56 Å². The lowest BCUT2D eigenvalue weighted by Gasteiger charge is -2.04. The first-order valence-electron chi connectivity index (χ1n) is 7.63. The van der Waals surface area contributed by atoms with Gasteiger partial charge in [0.25, 0.3) is 0 Å². The molecule has 0 bridgehead atoms. The van der Waals surface area contributed by atoms with Crippen LogP contribution in [0.4, 0.5) is 10.8 Å². The van der Waals surface area contributed by atoms with Crippen molar-refractivity contribution in [3.8, 4) is 17.3 Å². The average molecular weight is 335 g/mol. The second kappa shape index (κ2) is 5.31. The number of rotatable bonds is 3. The van der Waals surface area contributed by atoms with Gasteiger partial charge in [-0.25, -0.2) is 15.0 Å². The largest absolute Gasteiger partial charge is 0.477 e. The Morgan fingerprint density at radius 1 is 1.21 bits per heavy atom. The van der Waals surface area contributed by atoms with Gasteiger partial charge < -0.3 is 10.1 Å². The highest BCUT2D eigenvalue weighted by molar-refractivity contribution is 7.14. The molecular weight excluding hydrogens is 322 g/mol. The van der Waals surface area contributed by atoms with Crippen molar-refractivity contribution in [2.24, 2.45) is 0 Å². The van der Waals surface area contributed by atoms with Crippen molar-refractivity contribution in [2.45, 2.75) is 6.42 Å². The van der Waals surface area contributed by atoms with Crippen LogP contribution in [-0.2, 0) is 6.42 Å². The van der Waals surface area contributed by atoms with E-state index in [1.54, 1.807) is 17.5 Å². The van der Waals surface area contributed by atoms with Gasteiger partial charge in [0.15, 0.2) is 5.13 Å². The summed E-state index contributed by atoms with van der Waals surface area (Å²) in [6, 6.07) is 8.02. The van der Waals surface area contributed by atoms with Crippen molar-refractivity contribution >= 4 is 27.8 Å². The van der Waals surface area contributed by atoms with Gasteiger partial charge in [-0.1, -0.05) is 6.07 Å². The first-order chi connectivity index (χ1) is 11.9. The minimum absolute atomic E-state index is 0.710. The summed E-state index contributed by atoms with van der Waals surface area (Å²) in [6.07, 6.45) is 6.53. The SMILES string of the molecule is c1ccn2c(-c3csc(Nc4cnc5c(c4)CCO5)n3)cnc2c1. The number of ether oxygens (including phenoxy) is 1. The minimum Gasteiger partial charge on any atom is -0.477 e. The highest BCUT2D eigenvalue weighted by Crippen LogP contribution is 2.30. The topological polar surface area (TPSA) is 64.3 Å². The van der Waals surface area contributed by atoms with E-state index in [0.717, 1.165) is 45.7 Å². The normalized spacial score (nSPS) is 13.0. The Morgan fingerprint density at radius 2 is 2.21 bits per heavy atom. The highest BCUT2D eigenvalue weighted by atomic mass is 32.1. The number of hydrogen-bond donors (Lipinski definition) is 1. The molecule has 0 unspecified atom stereocenters. The number of anilines is 2. The van der Waals surface area contributed by atoms with Crippen molar-refractivity contribution in [2.75, 3.05) is 11.9 Å². The summed E-state index contributed by atoms with van der Waals surface area (Å²) in [5.74, 6) is 0.742. The summed E-state index contributed by atoms with van der Waals surface area (Å²) >= 11 is 1.56. The van der Waals surface area contributed by atoms with Gasteiger partial charge in [-0.3, -0.25) is 4.40 Å². The lowest BCUT2D eigenvalue weighted by molar-refractivity contribution is 0.345. The monoisotopic (exact) mass is 335 g/mol. The van der Waals surface area contributed by atoms with Gasteiger partial charge in [0.05, 0.1) is 30.4 Å². The van der Waals surface area contributed by atoms with Gasteiger partial charge in [0.1, 0.15) is 11.3 Å². The maximum Gasteiger partial charge on any atom is 0.216 e. The second-order valence-electron chi connectivity index (χ2n) is 5.52. The van der Waals surface area contributed by atoms with E-state index in [1.165, 1.54) is 0 Å². The van der Waals surface area contributed by atoms with Crippen LogP contribution >= 0.6 is 11.3 Å². The van der Waals surface area contributed by atoms with Crippen LogP contribution in [0, 0.1) is 0 Å². The molecule has 118 valence electrons. The van der Waals surface area contributed by atoms with Gasteiger partial charge in [-0.05, 0) is 18.2 Å². The molecule has 1 aliphatic rings. The van der Waals surface area contributed by atoms with Crippen molar-refractivity contribution in [1.29, 1.82) is 0 Å². The Balaban J connectivity index is 1.45. The molecule has 24 heavy (non-hydrogen) atoms. The zero-order valence-corrected chi connectivity index (χ0v) is 13.5. The first kappa shape index (κ1) is 13.5. The Morgan fingerprint density at radius 3 is 3.21 bits per heavy atom. The molecule has 0 amide bonds. The van der Waals surface area contributed by atoms with E-state index in [1.807, 2.05) is 40.4 Å². The van der Waals surface area contributed by atoms with Gasteiger partial charge in [-0.15, -0.1) is 11.3 Å². The summed E-state index contributed by atoms with van der Waals surface area (Å²) in [5, 5.41) is 6.18. The third kappa shape index (κ3) is 2.21. The molecule has 0 atom stereocenters. The van der Waals surface area contributed by atoms with E-state index in [9.17, 15) is 0 Å². The number of imidazole rings is 1. The minimum atomic E-state index is 0.710. The third-order valence-electron chi connectivity index (χ3n) is 3.97. The number of pyridine rings is 2. The highest BCUT2D eigenvalue weighted by Gasteiger charge is 2.15. The summed E-state index contributed by atoms with van der Waals surface area (Å²) in [7, 11) is 0. The average Bonchev–Trinajstić information content (AvgIpc) is 3.33. The molecule has 4 aromatic heterocycles. The molecule has 0 fully saturated rings. The summed E-state index contributed by atoms with van der Waals surface area (Å²) in [5.41, 5.74) is 4.86. The Kier molecular flexibility index (Phi) is 2.99. The molecule has 5 heterocycles.